The Hall–Kier alpha value is -4.07. The van der Waals surface area contributed by atoms with Gasteiger partial charge in [-0.25, -0.2) is 4.98 Å². The lowest BCUT2D eigenvalue weighted by atomic mass is 10.1. The van der Waals surface area contributed by atoms with Crippen LogP contribution in [0.2, 0.25) is 0 Å². The Morgan fingerprint density at radius 1 is 1.03 bits per heavy atom. The van der Waals surface area contributed by atoms with Crippen LogP contribution in [0.15, 0.2) is 61.1 Å². The van der Waals surface area contributed by atoms with E-state index >= 15 is 0 Å². The minimum Gasteiger partial charge on any atom is -0.485 e. The summed E-state index contributed by atoms with van der Waals surface area (Å²) in [5, 5.41) is 2.73. The number of anilines is 1. The maximum Gasteiger partial charge on any atom is 0.261 e. The second-order valence-electron chi connectivity index (χ2n) is 7.32. The Morgan fingerprint density at radius 3 is 2.59 bits per heavy atom. The zero-order valence-electron chi connectivity index (χ0n) is 17.6. The summed E-state index contributed by atoms with van der Waals surface area (Å²) < 4.78 is 5.81. The van der Waals surface area contributed by atoms with Gasteiger partial charge in [-0.2, -0.15) is 0 Å². The summed E-state index contributed by atoms with van der Waals surface area (Å²) in [6.45, 7) is 2.66. The van der Waals surface area contributed by atoms with Crippen molar-refractivity contribution in [3.8, 4) is 5.75 Å². The number of benzene rings is 1. The van der Waals surface area contributed by atoms with Crippen molar-refractivity contribution in [2.45, 2.75) is 26.4 Å². The van der Waals surface area contributed by atoms with Crippen molar-refractivity contribution in [3.05, 3.63) is 83.3 Å². The number of ether oxygens (including phenoxy) is 1. The number of nitrogens with one attached hydrogen (secondary N) is 1. The molecule has 0 saturated carbocycles. The Balaban J connectivity index is 1.50. The summed E-state index contributed by atoms with van der Waals surface area (Å²) in [4.78, 5) is 47.4. The van der Waals surface area contributed by atoms with Crippen molar-refractivity contribution in [3.63, 3.8) is 0 Å². The Morgan fingerprint density at radius 2 is 1.81 bits per heavy atom. The molecule has 0 atom stereocenters. The standard InChI is InChI=1S/C24H22N4O4/c1-2-3-13-28-23(30)18-7-6-17(14-19(18)24(28)31)22(29)27-21-20(5-4-10-26-21)32-15-16-8-11-25-12-9-16/h4-12,14H,2-3,13,15H2,1H3,(H,26,27,29). The number of nitrogens with zero attached hydrogens (tertiary/aromatic N) is 3. The van der Waals surface area contributed by atoms with Crippen LogP contribution in [0.25, 0.3) is 0 Å². The van der Waals surface area contributed by atoms with E-state index in [1.807, 2.05) is 19.1 Å². The molecule has 8 heteroatoms. The van der Waals surface area contributed by atoms with Gasteiger partial charge >= 0.3 is 0 Å². The van der Waals surface area contributed by atoms with Gasteiger partial charge in [0.15, 0.2) is 11.6 Å². The molecule has 3 heterocycles. The lowest BCUT2D eigenvalue weighted by molar-refractivity contribution is 0.0652. The molecule has 3 amide bonds. The number of rotatable bonds is 8. The summed E-state index contributed by atoms with van der Waals surface area (Å²) in [7, 11) is 0. The molecule has 0 spiro atoms. The van der Waals surface area contributed by atoms with Gasteiger partial charge in [-0.15, -0.1) is 0 Å². The van der Waals surface area contributed by atoms with E-state index in [9.17, 15) is 14.4 Å². The lowest BCUT2D eigenvalue weighted by Gasteiger charge is -2.12. The number of pyridine rings is 2. The van der Waals surface area contributed by atoms with Crippen LogP contribution in [0.3, 0.4) is 0 Å². The van der Waals surface area contributed by atoms with Gasteiger partial charge in [0.25, 0.3) is 17.7 Å². The van der Waals surface area contributed by atoms with Crippen molar-refractivity contribution in [1.82, 2.24) is 14.9 Å². The first kappa shape index (κ1) is 21.2. The third-order valence-electron chi connectivity index (χ3n) is 5.11. The molecule has 1 aromatic carbocycles. The summed E-state index contributed by atoms with van der Waals surface area (Å²) in [5.74, 6) is -0.461. The second-order valence-corrected chi connectivity index (χ2v) is 7.32. The highest BCUT2D eigenvalue weighted by Gasteiger charge is 2.35. The van der Waals surface area contributed by atoms with Crippen LogP contribution in [0, 0.1) is 0 Å². The highest BCUT2D eigenvalue weighted by molar-refractivity contribution is 6.22. The normalized spacial score (nSPS) is 12.6. The van der Waals surface area contributed by atoms with Crippen LogP contribution in [0.1, 0.15) is 56.4 Å². The zero-order chi connectivity index (χ0) is 22.5. The van der Waals surface area contributed by atoms with Gasteiger partial charge in [0.05, 0.1) is 11.1 Å². The molecule has 0 saturated heterocycles. The number of fused-ring (bicyclic) bond motifs is 1. The molecule has 0 aliphatic carbocycles. The van der Waals surface area contributed by atoms with E-state index in [1.165, 1.54) is 23.1 Å². The van der Waals surface area contributed by atoms with E-state index in [-0.39, 0.29) is 28.8 Å². The highest BCUT2D eigenvalue weighted by atomic mass is 16.5. The van der Waals surface area contributed by atoms with Crippen molar-refractivity contribution in [2.24, 2.45) is 0 Å². The third kappa shape index (κ3) is 4.34. The molecule has 1 aliphatic heterocycles. The van der Waals surface area contributed by atoms with Gasteiger partial charge in [0.1, 0.15) is 6.61 Å². The number of amides is 3. The fourth-order valence-corrected chi connectivity index (χ4v) is 3.37. The number of hydrogen-bond acceptors (Lipinski definition) is 6. The summed E-state index contributed by atoms with van der Waals surface area (Å²) in [5.41, 5.74) is 1.75. The molecule has 32 heavy (non-hydrogen) atoms. The molecular weight excluding hydrogens is 408 g/mol. The van der Waals surface area contributed by atoms with Gasteiger partial charge in [-0.1, -0.05) is 13.3 Å². The molecule has 2 aromatic heterocycles. The van der Waals surface area contributed by atoms with Gasteiger partial charge in [-0.05, 0) is 54.4 Å². The largest absolute Gasteiger partial charge is 0.485 e. The third-order valence-corrected chi connectivity index (χ3v) is 5.11. The Kier molecular flexibility index (Phi) is 6.21. The van der Waals surface area contributed by atoms with Crippen LogP contribution in [-0.4, -0.2) is 39.1 Å². The second kappa shape index (κ2) is 9.38. The van der Waals surface area contributed by atoms with E-state index < -0.39 is 5.91 Å². The minimum atomic E-state index is -0.451. The van der Waals surface area contributed by atoms with Gasteiger partial charge in [0, 0.05) is 30.7 Å². The van der Waals surface area contributed by atoms with Crippen LogP contribution >= 0.6 is 0 Å². The van der Waals surface area contributed by atoms with Crippen molar-refractivity contribution >= 4 is 23.5 Å². The number of aromatic nitrogens is 2. The van der Waals surface area contributed by atoms with Crippen molar-refractivity contribution in [1.29, 1.82) is 0 Å². The fourth-order valence-electron chi connectivity index (χ4n) is 3.37. The van der Waals surface area contributed by atoms with Crippen molar-refractivity contribution in [2.75, 3.05) is 11.9 Å². The molecule has 0 radical (unpaired) electrons. The number of unbranched alkanes of at least 4 members (excludes halogenated alkanes) is 1. The number of hydrogen-bond donors (Lipinski definition) is 1. The van der Waals surface area contributed by atoms with E-state index in [2.05, 4.69) is 15.3 Å². The SMILES string of the molecule is CCCCN1C(=O)c2ccc(C(=O)Nc3ncccc3OCc3ccncc3)cc2C1=O. The average molecular weight is 430 g/mol. The lowest BCUT2D eigenvalue weighted by Crippen LogP contribution is -2.30. The van der Waals surface area contributed by atoms with Gasteiger partial charge in [-0.3, -0.25) is 24.3 Å². The first-order valence-electron chi connectivity index (χ1n) is 10.4. The van der Waals surface area contributed by atoms with Crippen LogP contribution < -0.4 is 10.1 Å². The molecule has 0 fully saturated rings. The number of carbonyl (C=O) groups is 3. The first-order valence-corrected chi connectivity index (χ1v) is 10.4. The smallest absolute Gasteiger partial charge is 0.261 e. The Bertz CT molecular complexity index is 1160. The summed E-state index contributed by atoms with van der Waals surface area (Å²) in [6.07, 6.45) is 6.50. The maximum absolute atomic E-state index is 12.9. The van der Waals surface area contributed by atoms with Crippen LogP contribution in [0.5, 0.6) is 5.75 Å². The van der Waals surface area contributed by atoms with E-state index in [0.717, 1.165) is 18.4 Å². The van der Waals surface area contributed by atoms with E-state index in [1.54, 1.807) is 30.7 Å². The number of carbonyl (C=O) groups excluding carboxylic acids is 3. The van der Waals surface area contributed by atoms with Gasteiger partial charge < -0.3 is 10.1 Å². The van der Waals surface area contributed by atoms with Gasteiger partial charge in [0.2, 0.25) is 0 Å². The zero-order valence-corrected chi connectivity index (χ0v) is 17.6. The number of imide groups is 1. The molecular formula is C24H22N4O4. The molecule has 1 aliphatic rings. The average Bonchev–Trinajstić information content (AvgIpc) is 3.06. The highest BCUT2D eigenvalue weighted by Crippen LogP contribution is 2.26. The maximum atomic E-state index is 12.9. The molecule has 1 N–H and O–H groups in total. The predicted molar refractivity (Wildman–Crippen MR) is 117 cm³/mol. The molecule has 162 valence electrons. The molecule has 0 bridgehead atoms. The predicted octanol–water partition coefficient (Wildman–Crippen LogP) is 3.70. The topological polar surface area (TPSA) is 101 Å². The van der Waals surface area contributed by atoms with Crippen LogP contribution in [-0.2, 0) is 6.61 Å². The fraction of sp³-hybridized carbons (Fsp3) is 0.208. The summed E-state index contributed by atoms with van der Waals surface area (Å²) in [6, 6.07) is 11.6. The summed E-state index contributed by atoms with van der Waals surface area (Å²) >= 11 is 0. The molecule has 0 unspecified atom stereocenters. The molecule has 8 nitrogen and oxygen atoms in total. The quantitative estimate of drug-likeness (QED) is 0.547. The monoisotopic (exact) mass is 430 g/mol. The van der Waals surface area contributed by atoms with Crippen molar-refractivity contribution < 1.29 is 19.1 Å². The molecule has 4 rings (SSSR count). The van der Waals surface area contributed by atoms with E-state index in [4.69, 9.17) is 4.74 Å². The Labute approximate surface area is 185 Å². The van der Waals surface area contributed by atoms with E-state index in [0.29, 0.717) is 24.5 Å². The minimum absolute atomic E-state index is 0.244. The first-order chi connectivity index (χ1) is 15.6. The molecule has 3 aromatic rings. The van der Waals surface area contributed by atoms with Crippen LogP contribution in [0.4, 0.5) is 5.82 Å².